The molecule has 1 heterocycles. The second kappa shape index (κ2) is 36.1. The molecule has 8 rings (SSSR count). The third-order valence-electron chi connectivity index (χ3n) is 10.6. The molecule has 0 atom stereocenters. The third kappa shape index (κ3) is 24.7. The van der Waals surface area contributed by atoms with Crippen LogP contribution in [-0.2, 0) is 22.4 Å². The number of carboxylic acid groups (broad SMARTS) is 3. The number of phenolic OH excluding ortho intramolecular Hbond substituents is 3. The van der Waals surface area contributed by atoms with Crippen LogP contribution in [0, 0.1) is 40.1 Å². The minimum absolute atomic E-state index is 0.00231. The summed E-state index contributed by atoms with van der Waals surface area (Å²) in [5, 5.41) is 71.2. The molecule has 0 fully saturated rings. The number of aromatic hydroxyl groups is 3. The first-order valence-electron chi connectivity index (χ1n) is 23.8. The van der Waals surface area contributed by atoms with Gasteiger partial charge in [-0.2, -0.15) is 10.5 Å². The monoisotopic (exact) mass is 1230 g/mol. The van der Waals surface area contributed by atoms with Crippen molar-refractivity contribution in [2.45, 2.75) is 50.2 Å². The van der Waals surface area contributed by atoms with E-state index >= 15 is 0 Å². The van der Waals surface area contributed by atoms with E-state index in [0.29, 0.717) is 52.7 Å². The van der Waals surface area contributed by atoms with E-state index in [4.69, 9.17) is 45.2 Å². The molecule has 0 bridgehead atoms. The fraction of sp³-hybridized carbons (Fsp3) is 0.150. The standard InChI is InChI=1S/C17H14FNO3S.C11H8O4S.C10H12O3S.C8H8O2S.C7H3F2N.C7H8OS/c1-23-15-3-4-16(12(8-15)2-5-17(20)21)22-14-7-11(10-19)6-13(18)9-14;1-16-7-2-3-9-6(4-7)5-8(10(12)13)11(14)15-9;1-14-8-3-4-9(11)7(6-8)2-5-10(12)13;1-11-7-2-3-8(10)6(4-7)5-9;8-6-1-5(4-10)2-7(9)3-6;1-9-7-4-2-6(8)3-5-7/h3-4,6-9H,2,5H2,1H3,(H,20,21);2-5H,1H3,(H,12,13);3-4,6,11H,2,5H2,1H3,(H,12,13);2-5,10H,1H3;1-3H;2-5,8H,1H3. The van der Waals surface area contributed by atoms with Crippen LogP contribution in [0.2, 0.25) is 0 Å². The summed E-state index contributed by atoms with van der Waals surface area (Å²) < 4.78 is 48.5. The van der Waals surface area contributed by atoms with Crippen molar-refractivity contribution in [3.05, 3.63) is 201 Å². The predicted octanol–water partition coefficient (Wildman–Crippen LogP) is 14.5. The fourth-order valence-corrected chi connectivity index (χ4v) is 8.73. The number of nitrogens with zero attached hydrogens (tertiary/aromatic N) is 2. The largest absolute Gasteiger partial charge is 0.508 e. The first kappa shape index (κ1) is 68.8. The number of phenols is 3. The lowest BCUT2D eigenvalue weighted by Crippen LogP contribution is -2.12. The Bertz CT molecular complexity index is 3630. The number of aliphatic carboxylic acids is 2. The van der Waals surface area contributed by atoms with Gasteiger partial charge in [-0.3, -0.25) is 14.4 Å². The Balaban J connectivity index is 0.000000269. The van der Waals surface area contributed by atoms with Crippen LogP contribution in [-0.4, -0.2) is 86.1 Å². The second-order valence-electron chi connectivity index (χ2n) is 16.3. The second-order valence-corrected chi connectivity index (χ2v) is 20.7. The molecule has 0 aliphatic heterocycles. The fourth-order valence-electron chi connectivity index (χ4n) is 6.50. The van der Waals surface area contributed by atoms with Gasteiger partial charge in [-0.15, -0.1) is 58.8 Å². The quantitative estimate of drug-likeness (QED) is 0.0316. The lowest BCUT2D eigenvalue weighted by molar-refractivity contribution is -0.138. The van der Waals surface area contributed by atoms with Crippen molar-refractivity contribution in [1.29, 1.82) is 10.5 Å². The van der Waals surface area contributed by atoms with Crippen molar-refractivity contribution < 1.29 is 72.1 Å². The molecule has 23 heteroatoms. The number of carbonyl (C=O) groups is 4. The van der Waals surface area contributed by atoms with E-state index in [9.17, 15) is 42.3 Å². The molecule has 0 saturated carbocycles. The predicted molar refractivity (Wildman–Crippen MR) is 319 cm³/mol. The summed E-state index contributed by atoms with van der Waals surface area (Å²) >= 11 is 7.84. The summed E-state index contributed by atoms with van der Waals surface area (Å²) in [6.45, 7) is 0. The van der Waals surface area contributed by atoms with E-state index < -0.39 is 41.0 Å². The summed E-state index contributed by atoms with van der Waals surface area (Å²) in [5.74, 6) is -3.84. The number of benzene rings is 7. The molecule has 6 N–H and O–H groups in total. The highest BCUT2D eigenvalue weighted by atomic mass is 32.2. The molecule has 0 aliphatic rings. The van der Waals surface area contributed by atoms with E-state index in [1.54, 1.807) is 78.1 Å². The SMILES string of the molecule is CSc1ccc(O)c(C=O)c1.CSc1ccc(O)c(CCC(=O)O)c1.CSc1ccc(O)cc1.CSc1ccc(Oc2cc(F)cc(C#N)c2)c(CCC(=O)O)c1.CSc1ccc2oc(=O)c(C(=O)O)cc2c1.N#Cc1cc(F)cc(F)c1. The number of carbonyl (C=O) groups excluding carboxylic acids is 1. The molecule has 0 radical (unpaired) electrons. The van der Waals surface area contributed by atoms with Crippen LogP contribution >= 0.6 is 58.8 Å². The Morgan fingerprint density at radius 3 is 1.53 bits per heavy atom. The number of aldehydes is 1. The molecule has 15 nitrogen and oxygen atoms in total. The van der Waals surface area contributed by atoms with Gasteiger partial charge in [-0.05, 0) is 183 Å². The summed E-state index contributed by atoms with van der Waals surface area (Å²) in [6.07, 6.45) is 11.0. The molecule has 0 aliphatic carbocycles. The van der Waals surface area contributed by atoms with E-state index in [2.05, 4.69) is 0 Å². The highest BCUT2D eigenvalue weighted by molar-refractivity contribution is 7.99. The van der Waals surface area contributed by atoms with Crippen LogP contribution in [0.5, 0.6) is 28.7 Å². The minimum atomic E-state index is -1.27. The van der Waals surface area contributed by atoms with Crippen LogP contribution in [0.4, 0.5) is 13.2 Å². The Morgan fingerprint density at radius 1 is 0.554 bits per heavy atom. The number of rotatable bonds is 15. The maximum absolute atomic E-state index is 13.5. The highest BCUT2D eigenvalue weighted by Crippen LogP contribution is 2.32. The van der Waals surface area contributed by atoms with Crippen LogP contribution in [0.1, 0.15) is 55.8 Å². The molecule has 0 unspecified atom stereocenters. The topological polar surface area (TPSA) is 277 Å². The lowest BCUT2D eigenvalue weighted by atomic mass is 10.1. The molecule has 7 aromatic carbocycles. The van der Waals surface area contributed by atoms with Gasteiger partial charge in [-0.25, -0.2) is 22.8 Å². The van der Waals surface area contributed by atoms with Gasteiger partial charge in [0, 0.05) is 54.8 Å². The summed E-state index contributed by atoms with van der Waals surface area (Å²) in [5.41, 5.74) is 1.15. The smallest absolute Gasteiger partial charge is 0.351 e. The third-order valence-corrected chi connectivity index (χ3v) is 14.2. The number of carboxylic acids is 3. The molecular weight excluding hydrogens is 1170 g/mol. The van der Waals surface area contributed by atoms with Gasteiger partial charge in [0.15, 0.2) is 6.29 Å². The zero-order valence-corrected chi connectivity index (χ0v) is 48.9. The number of aromatic carboxylic acids is 1. The van der Waals surface area contributed by atoms with Gasteiger partial charge in [-0.1, -0.05) is 0 Å². The van der Waals surface area contributed by atoms with Crippen molar-refractivity contribution in [3.8, 4) is 40.9 Å². The van der Waals surface area contributed by atoms with Crippen molar-refractivity contribution >= 4 is 94.0 Å². The van der Waals surface area contributed by atoms with E-state index in [0.717, 1.165) is 49.4 Å². The first-order chi connectivity index (χ1) is 39.6. The molecular formula is C60H53F3N2O13S5. The summed E-state index contributed by atoms with van der Waals surface area (Å²) in [6, 6.07) is 39.3. The normalized spacial score (nSPS) is 9.90. The first-order valence-corrected chi connectivity index (χ1v) is 29.9. The van der Waals surface area contributed by atoms with Gasteiger partial charge in [0.05, 0.1) is 28.8 Å². The molecule has 0 spiro atoms. The van der Waals surface area contributed by atoms with Crippen molar-refractivity contribution in [2.75, 3.05) is 31.3 Å². The highest BCUT2D eigenvalue weighted by Gasteiger charge is 2.13. The zero-order chi connectivity index (χ0) is 61.6. The number of thioether (sulfide) groups is 5. The number of ether oxygens (including phenoxy) is 1. The summed E-state index contributed by atoms with van der Waals surface area (Å²) in [7, 11) is 0. The van der Waals surface area contributed by atoms with Crippen LogP contribution < -0.4 is 10.4 Å². The van der Waals surface area contributed by atoms with Crippen molar-refractivity contribution in [2.24, 2.45) is 0 Å². The molecule has 1 aromatic heterocycles. The van der Waals surface area contributed by atoms with Crippen LogP contribution in [0.15, 0.2) is 173 Å². The average molecular weight is 1230 g/mol. The lowest BCUT2D eigenvalue weighted by Gasteiger charge is -2.12. The molecule has 0 saturated heterocycles. The van der Waals surface area contributed by atoms with E-state index in [-0.39, 0.29) is 46.8 Å². The Labute approximate surface area is 496 Å². The number of fused-ring (bicyclic) bond motifs is 1. The maximum Gasteiger partial charge on any atom is 0.351 e. The van der Waals surface area contributed by atoms with Crippen LogP contribution in [0.3, 0.4) is 0 Å². The minimum Gasteiger partial charge on any atom is -0.508 e. The van der Waals surface area contributed by atoms with E-state index in [1.807, 2.05) is 79.8 Å². The summed E-state index contributed by atoms with van der Waals surface area (Å²) in [4.78, 5) is 58.6. The molecule has 0 amide bonds. The van der Waals surface area contributed by atoms with Gasteiger partial charge in [0.1, 0.15) is 57.3 Å². The number of hydrogen-bond acceptors (Lipinski definition) is 17. The molecule has 8 aromatic rings. The Morgan fingerprint density at radius 2 is 1.01 bits per heavy atom. The van der Waals surface area contributed by atoms with Gasteiger partial charge in [0.25, 0.3) is 0 Å². The maximum atomic E-state index is 13.5. The number of hydrogen-bond donors (Lipinski definition) is 6. The van der Waals surface area contributed by atoms with Crippen LogP contribution in [0.25, 0.3) is 11.0 Å². The van der Waals surface area contributed by atoms with Crippen molar-refractivity contribution in [3.63, 3.8) is 0 Å². The Kier molecular flexibility index (Phi) is 29.9. The van der Waals surface area contributed by atoms with Crippen molar-refractivity contribution in [1.82, 2.24) is 0 Å². The van der Waals surface area contributed by atoms with E-state index in [1.165, 1.54) is 64.4 Å². The van der Waals surface area contributed by atoms with Gasteiger partial charge >= 0.3 is 23.5 Å². The Hall–Kier alpha value is -8.45. The number of halogens is 3. The number of nitriles is 2. The zero-order valence-electron chi connectivity index (χ0n) is 44.8. The number of aryl methyl sites for hydroxylation is 2. The van der Waals surface area contributed by atoms with Gasteiger partial charge in [0.2, 0.25) is 0 Å². The van der Waals surface area contributed by atoms with Gasteiger partial charge < -0.3 is 39.8 Å². The molecule has 83 heavy (non-hydrogen) atoms. The molecule has 432 valence electrons. The average Bonchev–Trinajstić information content (AvgIpc) is 3.49.